The number of thioether (sulfide) groups is 1. The van der Waals surface area contributed by atoms with Gasteiger partial charge >= 0.3 is 0 Å². The lowest BCUT2D eigenvalue weighted by molar-refractivity contribution is -0.384. The van der Waals surface area contributed by atoms with Crippen LogP contribution in [-0.2, 0) is 18.9 Å². The number of hydrogen-bond donors (Lipinski definition) is 1. The first-order valence-electron chi connectivity index (χ1n) is 7.57. The fourth-order valence-electron chi connectivity index (χ4n) is 2.34. The van der Waals surface area contributed by atoms with Gasteiger partial charge in [0.1, 0.15) is 0 Å². The lowest BCUT2D eigenvalue weighted by atomic mass is 10.2. The number of non-ortho nitro benzene ring substituents is 1. The molecule has 0 amide bonds. The molecule has 0 fully saturated rings. The Bertz CT molecular complexity index is 850. The number of imidazole rings is 1. The van der Waals surface area contributed by atoms with Gasteiger partial charge < -0.3 is 9.67 Å². The number of aliphatic hydroxyl groups excluding tert-OH is 1. The Kier molecular flexibility index (Phi) is 5.42. The van der Waals surface area contributed by atoms with Crippen LogP contribution in [0.2, 0.25) is 0 Å². The fourth-order valence-corrected chi connectivity index (χ4v) is 3.29. The van der Waals surface area contributed by atoms with Crippen molar-refractivity contribution in [3.8, 4) is 0 Å². The molecule has 0 spiro atoms. The van der Waals surface area contributed by atoms with E-state index in [4.69, 9.17) is 0 Å². The van der Waals surface area contributed by atoms with Gasteiger partial charge in [0, 0.05) is 30.3 Å². The van der Waals surface area contributed by atoms with Crippen molar-refractivity contribution in [2.24, 2.45) is 0 Å². The molecule has 3 rings (SSSR count). The number of aromatic nitrogens is 3. The highest BCUT2D eigenvalue weighted by atomic mass is 32.2. The van der Waals surface area contributed by atoms with E-state index >= 15 is 0 Å². The minimum Gasteiger partial charge on any atom is -0.390 e. The Balaban J connectivity index is 1.74. The summed E-state index contributed by atoms with van der Waals surface area (Å²) in [5.41, 5.74) is 2.86. The van der Waals surface area contributed by atoms with E-state index < -0.39 is 4.92 Å². The van der Waals surface area contributed by atoms with Crippen LogP contribution in [0.3, 0.4) is 0 Å². The molecule has 2 aromatic heterocycles. The zero-order valence-electron chi connectivity index (χ0n) is 13.3. The van der Waals surface area contributed by atoms with Gasteiger partial charge in [0.05, 0.1) is 30.0 Å². The fraction of sp³-hybridized carbons (Fsp3) is 0.176. The van der Waals surface area contributed by atoms with Crippen molar-refractivity contribution in [2.75, 3.05) is 0 Å². The van der Waals surface area contributed by atoms with Crippen LogP contribution in [0.15, 0.2) is 60.1 Å². The van der Waals surface area contributed by atoms with Crippen LogP contribution in [0.4, 0.5) is 5.69 Å². The SMILES string of the molecule is O=[N+]([O-])c1ccc(CSc2ncc(CO)n2Cc2ccncc2)cc1. The molecule has 0 bridgehead atoms. The van der Waals surface area contributed by atoms with E-state index in [9.17, 15) is 15.2 Å². The zero-order chi connectivity index (χ0) is 17.6. The molecule has 0 radical (unpaired) electrons. The minimum absolute atomic E-state index is 0.0792. The summed E-state index contributed by atoms with van der Waals surface area (Å²) in [6, 6.07) is 10.3. The number of nitro groups is 1. The van der Waals surface area contributed by atoms with Crippen molar-refractivity contribution in [1.82, 2.24) is 14.5 Å². The number of nitro benzene ring substituents is 1. The minimum atomic E-state index is -0.411. The molecule has 3 aromatic rings. The molecule has 8 heteroatoms. The molecular formula is C17H16N4O3S. The van der Waals surface area contributed by atoms with Crippen LogP contribution in [0.5, 0.6) is 0 Å². The molecule has 0 saturated heterocycles. The van der Waals surface area contributed by atoms with Gasteiger partial charge in [0.15, 0.2) is 5.16 Å². The van der Waals surface area contributed by atoms with Gasteiger partial charge in [-0.25, -0.2) is 4.98 Å². The van der Waals surface area contributed by atoms with Crippen LogP contribution in [-0.4, -0.2) is 24.6 Å². The van der Waals surface area contributed by atoms with Crippen LogP contribution < -0.4 is 0 Å². The molecule has 1 N–H and O–H groups in total. The average molecular weight is 356 g/mol. The first-order chi connectivity index (χ1) is 12.2. The first-order valence-corrected chi connectivity index (χ1v) is 8.56. The molecular weight excluding hydrogens is 340 g/mol. The molecule has 0 aliphatic rings. The topological polar surface area (TPSA) is 94.1 Å². The third-order valence-corrected chi connectivity index (χ3v) is 4.73. The number of aliphatic hydroxyl groups is 1. The highest BCUT2D eigenvalue weighted by molar-refractivity contribution is 7.98. The molecule has 0 aliphatic heterocycles. The van der Waals surface area contributed by atoms with E-state index in [1.54, 1.807) is 30.7 Å². The molecule has 128 valence electrons. The largest absolute Gasteiger partial charge is 0.390 e. The molecule has 25 heavy (non-hydrogen) atoms. The Morgan fingerprint density at radius 2 is 1.84 bits per heavy atom. The van der Waals surface area contributed by atoms with E-state index in [-0.39, 0.29) is 12.3 Å². The Morgan fingerprint density at radius 3 is 2.48 bits per heavy atom. The molecule has 2 heterocycles. The van der Waals surface area contributed by atoms with E-state index in [1.807, 2.05) is 16.7 Å². The van der Waals surface area contributed by atoms with E-state index in [1.165, 1.54) is 23.9 Å². The van der Waals surface area contributed by atoms with Gasteiger partial charge in [0.25, 0.3) is 5.69 Å². The molecule has 0 atom stereocenters. The van der Waals surface area contributed by atoms with E-state index in [0.29, 0.717) is 12.3 Å². The van der Waals surface area contributed by atoms with Crippen molar-refractivity contribution in [2.45, 2.75) is 24.1 Å². The maximum absolute atomic E-state index is 10.7. The van der Waals surface area contributed by atoms with Crippen LogP contribution in [0.25, 0.3) is 0 Å². The molecule has 0 unspecified atom stereocenters. The summed E-state index contributed by atoms with van der Waals surface area (Å²) in [7, 11) is 0. The zero-order valence-corrected chi connectivity index (χ0v) is 14.1. The van der Waals surface area contributed by atoms with Gasteiger partial charge in [-0.1, -0.05) is 23.9 Å². The number of pyridine rings is 1. The predicted octanol–water partition coefficient (Wildman–Crippen LogP) is 3.02. The lowest BCUT2D eigenvalue weighted by Crippen LogP contribution is -2.06. The number of benzene rings is 1. The Hall–Kier alpha value is -2.71. The van der Waals surface area contributed by atoms with E-state index in [2.05, 4.69) is 9.97 Å². The number of nitrogens with zero attached hydrogens (tertiary/aromatic N) is 4. The summed E-state index contributed by atoms with van der Waals surface area (Å²) in [4.78, 5) is 18.7. The molecule has 7 nitrogen and oxygen atoms in total. The highest BCUT2D eigenvalue weighted by Crippen LogP contribution is 2.25. The van der Waals surface area contributed by atoms with Crippen LogP contribution >= 0.6 is 11.8 Å². The summed E-state index contributed by atoms with van der Waals surface area (Å²) in [6.07, 6.45) is 5.13. The van der Waals surface area contributed by atoms with Gasteiger partial charge in [-0.3, -0.25) is 15.1 Å². The maximum atomic E-state index is 10.7. The summed E-state index contributed by atoms with van der Waals surface area (Å²) in [6.45, 7) is 0.511. The quantitative estimate of drug-likeness (QED) is 0.397. The average Bonchev–Trinajstić information content (AvgIpc) is 3.03. The van der Waals surface area contributed by atoms with E-state index in [0.717, 1.165) is 22.0 Å². The maximum Gasteiger partial charge on any atom is 0.269 e. The highest BCUT2D eigenvalue weighted by Gasteiger charge is 2.11. The van der Waals surface area contributed by atoms with Gasteiger partial charge in [-0.05, 0) is 23.3 Å². The summed E-state index contributed by atoms with van der Waals surface area (Å²) < 4.78 is 1.96. The first kappa shape index (κ1) is 17.1. The molecule has 1 aromatic carbocycles. The van der Waals surface area contributed by atoms with Crippen molar-refractivity contribution in [3.05, 3.63) is 81.9 Å². The Labute approximate surface area is 148 Å². The Morgan fingerprint density at radius 1 is 1.12 bits per heavy atom. The number of rotatable bonds is 7. The second-order valence-corrected chi connectivity index (χ2v) is 6.29. The van der Waals surface area contributed by atoms with Crippen LogP contribution in [0.1, 0.15) is 16.8 Å². The molecule has 0 saturated carbocycles. The lowest BCUT2D eigenvalue weighted by Gasteiger charge is -2.10. The predicted molar refractivity (Wildman–Crippen MR) is 94.1 cm³/mol. The summed E-state index contributed by atoms with van der Waals surface area (Å²) >= 11 is 1.53. The number of hydrogen-bond acceptors (Lipinski definition) is 6. The second-order valence-electron chi connectivity index (χ2n) is 5.34. The van der Waals surface area contributed by atoms with Crippen LogP contribution in [0, 0.1) is 10.1 Å². The smallest absolute Gasteiger partial charge is 0.269 e. The van der Waals surface area contributed by atoms with Gasteiger partial charge in [-0.15, -0.1) is 0 Å². The second kappa shape index (κ2) is 7.91. The van der Waals surface area contributed by atoms with Crippen molar-refractivity contribution < 1.29 is 10.0 Å². The third-order valence-electron chi connectivity index (χ3n) is 3.67. The van der Waals surface area contributed by atoms with Crippen molar-refractivity contribution in [3.63, 3.8) is 0 Å². The van der Waals surface area contributed by atoms with Crippen molar-refractivity contribution >= 4 is 17.4 Å². The van der Waals surface area contributed by atoms with Crippen molar-refractivity contribution in [1.29, 1.82) is 0 Å². The normalized spacial score (nSPS) is 10.8. The van der Waals surface area contributed by atoms with Gasteiger partial charge in [-0.2, -0.15) is 0 Å². The summed E-state index contributed by atoms with van der Waals surface area (Å²) in [5.74, 6) is 0.635. The third kappa shape index (κ3) is 4.23. The van der Waals surface area contributed by atoms with Gasteiger partial charge in [0.2, 0.25) is 0 Å². The summed E-state index contributed by atoms with van der Waals surface area (Å²) in [5, 5.41) is 21.0. The molecule has 0 aliphatic carbocycles. The monoisotopic (exact) mass is 356 g/mol. The standard InChI is InChI=1S/C17H16N4O3S/c22-11-16-9-19-17(20(16)10-13-5-7-18-8-6-13)25-12-14-1-3-15(4-2-14)21(23)24/h1-9,22H,10-12H2.